The Labute approximate surface area is 170 Å². The molecule has 0 aromatic heterocycles. The minimum Gasteiger partial charge on any atom is -0.352 e. The number of non-ortho nitro benzene ring substituents is 1. The summed E-state index contributed by atoms with van der Waals surface area (Å²) in [5.41, 5.74) is 1.64. The second-order valence-electron chi connectivity index (χ2n) is 7.58. The third-order valence-electron chi connectivity index (χ3n) is 3.80. The van der Waals surface area contributed by atoms with Gasteiger partial charge in [-0.1, -0.05) is 42.5 Å². The minimum atomic E-state index is -0.431. The molecule has 0 unspecified atom stereocenters. The molecule has 0 atom stereocenters. The van der Waals surface area contributed by atoms with Crippen molar-refractivity contribution < 1.29 is 9.72 Å². The molecule has 154 valence electrons. The smallest absolute Gasteiger partial charge is 0.269 e. The van der Waals surface area contributed by atoms with Crippen LogP contribution in [0.1, 0.15) is 31.9 Å². The van der Waals surface area contributed by atoms with E-state index in [9.17, 15) is 14.9 Å². The monoisotopic (exact) mass is 397 g/mol. The predicted molar refractivity (Wildman–Crippen MR) is 113 cm³/mol. The number of nitrogens with zero attached hydrogens (tertiary/aromatic N) is 2. The van der Waals surface area contributed by atoms with Gasteiger partial charge in [-0.2, -0.15) is 0 Å². The lowest BCUT2D eigenvalue weighted by atomic mass is 10.1. The van der Waals surface area contributed by atoms with Crippen molar-refractivity contribution in [2.75, 3.05) is 6.54 Å². The van der Waals surface area contributed by atoms with E-state index in [1.54, 1.807) is 12.1 Å². The molecule has 0 aliphatic heterocycles. The van der Waals surface area contributed by atoms with Gasteiger partial charge in [0.1, 0.15) is 0 Å². The van der Waals surface area contributed by atoms with Gasteiger partial charge in [0.15, 0.2) is 5.96 Å². The number of amides is 1. The van der Waals surface area contributed by atoms with E-state index < -0.39 is 4.92 Å². The van der Waals surface area contributed by atoms with Gasteiger partial charge in [0, 0.05) is 24.2 Å². The fourth-order valence-corrected chi connectivity index (χ4v) is 2.48. The maximum Gasteiger partial charge on any atom is 0.269 e. The average molecular weight is 397 g/mol. The number of nitro groups is 1. The molecule has 3 N–H and O–H groups in total. The third-order valence-corrected chi connectivity index (χ3v) is 3.80. The summed E-state index contributed by atoms with van der Waals surface area (Å²) in [6.45, 7) is 6.71. The van der Waals surface area contributed by atoms with Gasteiger partial charge < -0.3 is 16.0 Å². The van der Waals surface area contributed by atoms with Crippen molar-refractivity contribution in [3.8, 4) is 0 Å². The summed E-state index contributed by atoms with van der Waals surface area (Å²) in [5, 5.41) is 19.9. The number of carbonyl (C=O) groups excluding carboxylic acids is 1. The molecule has 0 spiro atoms. The van der Waals surface area contributed by atoms with Crippen LogP contribution < -0.4 is 16.0 Å². The van der Waals surface area contributed by atoms with Gasteiger partial charge in [0.2, 0.25) is 5.91 Å². The van der Waals surface area contributed by atoms with Gasteiger partial charge in [-0.25, -0.2) is 4.99 Å². The van der Waals surface area contributed by atoms with Crippen molar-refractivity contribution in [2.45, 2.75) is 39.4 Å². The van der Waals surface area contributed by atoms with Crippen LogP contribution in [0, 0.1) is 10.1 Å². The lowest BCUT2D eigenvalue weighted by Crippen LogP contribution is -2.48. The lowest BCUT2D eigenvalue weighted by molar-refractivity contribution is -0.384. The molecule has 0 saturated carbocycles. The maximum absolute atomic E-state index is 12.1. The molecule has 1 amide bonds. The first-order valence-corrected chi connectivity index (χ1v) is 9.33. The predicted octanol–water partition coefficient (Wildman–Crippen LogP) is 2.74. The van der Waals surface area contributed by atoms with Crippen molar-refractivity contribution in [3.63, 3.8) is 0 Å². The minimum absolute atomic E-state index is 0.0451. The van der Waals surface area contributed by atoms with Gasteiger partial charge in [0.25, 0.3) is 5.69 Å². The van der Waals surface area contributed by atoms with Crippen LogP contribution in [0.5, 0.6) is 0 Å². The van der Waals surface area contributed by atoms with Crippen LogP contribution >= 0.6 is 0 Å². The first-order chi connectivity index (χ1) is 13.7. The van der Waals surface area contributed by atoms with E-state index in [1.807, 2.05) is 51.1 Å². The number of guanidine groups is 1. The van der Waals surface area contributed by atoms with E-state index in [0.29, 0.717) is 19.0 Å². The standard InChI is InChI=1S/C21H27N5O3/c1-21(2,3)25-19(27)15-24-20(22-13-16-7-5-4-6-8-16)23-14-17-9-11-18(12-10-17)26(28)29/h4-12H,13-15H2,1-3H3,(H,25,27)(H2,22,23,24). The summed E-state index contributed by atoms with van der Waals surface area (Å²) in [5.74, 6) is 0.346. The molecule has 8 heteroatoms. The zero-order valence-electron chi connectivity index (χ0n) is 16.9. The van der Waals surface area contributed by atoms with Crippen LogP contribution in [0.4, 0.5) is 5.69 Å². The van der Waals surface area contributed by atoms with E-state index >= 15 is 0 Å². The summed E-state index contributed by atoms with van der Waals surface area (Å²) in [6, 6.07) is 16.1. The van der Waals surface area contributed by atoms with Gasteiger partial charge >= 0.3 is 0 Å². The summed E-state index contributed by atoms with van der Waals surface area (Å²) in [6.07, 6.45) is 0. The molecule has 2 aromatic carbocycles. The van der Waals surface area contributed by atoms with Gasteiger partial charge in [-0.15, -0.1) is 0 Å². The van der Waals surface area contributed by atoms with Crippen LogP contribution in [0.25, 0.3) is 0 Å². The number of hydrogen-bond acceptors (Lipinski definition) is 4. The molecule has 2 rings (SSSR count). The summed E-state index contributed by atoms with van der Waals surface area (Å²) in [4.78, 5) is 27.0. The molecule has 2 aromatic rings. The Kier molecular flexibility index (Phi) is 7.70. The van der Waals surface area contributed by atoms with Crippen molar-refractivity contribution in [3.05, 3.63) is 75.8 Å². The Morgan fingerprint density at radius 2 is 1.66 bits per heavy atom. The van der Waals surface area contributed by atoms with Gasteiger partial charge in [-0.3, -0.25) is 14.9 Å². The van der Waals surface area contributed by atoms with Crippen LogP contribution in [0.15, 0.2) is 59.6 Å². The molecule has 0 fully saturated rings. The Morgan fingerprint density at radius 3 is 2.24 bits per heavy atom. The number of carbonyl (C=O) groups is 1. The fourth-order valence-electron chi connectivity index (χ4n) is 2.48. The summed E-state index contributed by atoms with van der Waals surface area (Å²) >= 11 is 0. The summed E-state index contributed by atoms with van der Waals surface area (Å²) < 4.78 is 0. The SMILES string of the molecule is CC(C)(C)NC(=O)CNC(=NCc1ccccc1)NCc1ccc([N+](=O)[O-])cc1. The van der Waals surface area contributed by atoms with Crippen molar-refractivity contribution in [2.24, 2.45) is 4.99 Å². The van der Waals surface area contributed by atoms with Gasteiger partial charge in [0.05, 0.1) is 18.0 Å². The van der Waals surface area contributed by atoms with E-state index in [1.165, 1.54) is 12.1 Å². The highest BCUT2D eigenvalue weighted by Crippen LogP contribution is 2.11. The van der Waals surface area contributed by atoms with E-state index in [-0.39, 0.29) is 23.7 Å². The third kappa shape index (κ3) is 8.42. The number of benzene rings is 2. The average Bonchev–Trinajstić information content (AvgIpc) is 2.67. The number of hydrogen-bond donors (Lipinski definition) is 3. The van der Waals surface area contributed by atoms with Crippen LogP contribution in [0.3, 0.4) is 0 Å². The second-order valence-corrected chi connectivity index (χ2v) is 7.58. The highest BCUT2D eigenvalue weighted by atomic mass is 16.6. The number of rotatable bonds is 7. The Hall–Kier alpha value is -3.42. The Bertz CT molecular complexity index is 843. The van der Waals surface area contributed by atoms with Gasteiger partial charge in [-0.05, 0) is 31.9 Å². The van der Waals surface area contributed by atoms with Crippen molar-refractivity contribution >= 4 is 17.6 Å². The van der Waals surface area contributed by atoms with Crippen molar-refractivity contribution in [1.29, 1.82) is 0 Å². The molecule has 0 aliphatic rings. The lowest BCUT2D eigenvalue weighted by Gasteiger charge is -2.21. The van der Waals surface area contributed by atoms with Crippen LogP contribution in [0.2, 0.25) is 0 Å². The molecule has 0 bridgehead atoms. The molecule has 29 heavy (non-hydrogen) atoms. The molecule has 0 saturated heterocycles. The number of aliphatic imine (C=N–C) groups is 1. The fraction of sp³-hybridized carbons (Fsp3) is 0.333. The van der Waals surface area contributed by atoms with Crippen molar-refractivity contribution in [1.82, 2.24) is 16.0 Å². The Balaban J connectivity index is 2.01. The van der Waals surface area contributed by atoms with Crippen LogP contribution in [-0.4, -0.2) is 28.9 Å². The highest BCUT2D eigenvalue weighted by Gasteiger charge is 2.14. The second kappa shape index (κ2) is 10.2. The largest absolute Gasteiger partial charge is 0.352 e. The number of nitrogens with one attached hydrogen (secondary N) is 3. The first kappa shape index (κ1) is 21.9. The molecular weight excluding hydrogens is 370 g/mol. The molecule has 8 nitrogen and oxygen atoms in total. The van der Waals surface area contributed by atoms with E-state index in [2.05, 4.69) is 20.9 Å². The highest BCUT2D eigenvalue weighted by molar-refractivity contribution is 5.86. The van der Waals surface area contributed by atoms with Crippen LogP contribution in [-0.2, 0) is 17.9 Å². The molecule has 0 radical (unpaired) electrons. The molecular formula is C21H27N5O3. The molecule has 0 heterocycles. The van der Waals surface area contributed by atoms with E-state index in [4.69, 9.17) is 0 Å². The van der Waals surface area contributed by atoms with E-state index in [0.717, 1.165) is 11.1 Å². The normalized spacial score (nSPS) is 11.6. The zero-order valence-corrected chi connectivity index (χ0v) is 16.9. The Morgan fingerprint density at radius 1 is 1.00 bits per heavy atom. The molecule has 0 aliphatic carbocycles. The number of nitro benzene ring substituents is 1. The topological polar surface area (TPSA) is 109 Å². The maximum atomic E-state index is 12.1. The quantitative estimate of drug-likeness (QED) is 0.288. The first-order valence-electron chi connectivity index (χ1n) is 9.33. The zero-order chi connectivity index (χ0) is 21.3. The summed E-state index contributed by atoms with van der Waals surface area (Å²) in [7, 11) is 0.